The first-order chi connectivity index (χ1) is 12.9. The van der Waals surface area contributed by atoms with Crippen LogP contribution in [0.2, 0.25) is 0 Å². The highest BCUT2D eigenvalue weighted by molar-refractivity contribution is 5.92. The van der Waals surface area contributed by atoms with E-state index in [0.29, 0.717) is 31.9 Å². The van der Waals surface area contributed by atoms with E-state index < -0.39 is 5.97 Å². The van der Waals surface area contributed by atoms with Crippen LogP contribution in [0.15, 0.2) is 47.4 Å². The molecule has 1 saturated heterocycles. The number of hydrogen-bond acceptors (Lipinski definition) is 5. The van der Waals surface area contributed by atoms with Crippen molar-refractivity contribution in [2.75, 3.05) is 26.9 Å². The summed E-state index contributed by atoms with van der Waals surface area (Å²) in [6, 6.07) is 6.48. The number of nitrogens with zero attached hydrogens (tertiary/aromatic N) is 2. The number of benzene rings is 1. The van der Waals surface area contributed by atoms with Crippen molar-refractivity contribution in [1.29, 1.82) is 0 Å². The molecular formula is C20H25FN2O4. The van der Waals surface area contributed by atoms with Crippen LogP contribution in [0.3, 0.4) is 0 Å². The smallest absolute Gasteiger partial charge is 0.341 e. The number of ether oxygens (including phenoxy) is 2. The molecule has 2 aliphatic heterocycles. The highest BCUT2D eigenvalue weighted by Gasteiger charge is 2.37. The number of hydrogen-bond donors (Lipinski definition) is 1. The Bertz CT molecular complexity index is 777. The van der Waals surface area contributed by atoms with Crippen molar-refractivity contribution in [2.45, 2.75) is 32.6 Å². The molecule has 146 valence electrons. The molecule has 3 rings (SSSR count). The van der Waals surface area contributed by atoms with E-state index in [2.05, 4.69) is 11.8 Å². The van der Waals surface area contributed by atoms with Crippen molar-refractivity contribution >= 4 is 5.97 Å². The summed E-state index contributed by atoms with van der Waals surface area (Å²) in [4.78, 5) is 16.0. The molecule has 2 heterocycles. The maximum absolute atomic E-state index is 13.7. The minimum atomic E-state index is -1.04. The van der Waals surface area contributed by atoms with Crippen molar-refractivity contribution in [3.63, 3.8) is 0 Å². The maximum atomic E-state index is 13.7. The summed E-state index contributed by atoms with van der Waals surface area (Å²) in [7, 11) is 1.47. The van der Waals surface area contributed by atoms with Gasteiger partial charge in [0.15, 0.2) is 0 Å². The van der Waals surface area contributed by atoms with Crippen LogP contribution in [-0.2, 0) is 20.8 Å². The molecule has 2 atom stereocenters. The van der Waals surface area contributed by atoms with Crippen molar-refractivity contribution in [3.8, 4) is 0 Å². The van der Waals surface area contributed by atoms with Crippen LogP contribution in [0.4, 0.5) is 4.39 Å². The molecule has 1 N–H and O–H groups in total. The number of methoxy groups -OCH3 is 1. The molecule has 6 nitrogen and oxygen atoms in total. The van der Waals surface area contributed by atoms with Crippen molar-refractivity contribution in [1.82, 2.24) is 9.80 Å². The SMILES string of the molecule is COC1=C(C(=O)O)C(C)=CC(N2CCOC[C@H]2C)N1Cc1cccc(F)c1. The maximum Gasteiger partial charge on any atom is 0.341 e. The van der Waals surface area contributed by atoms with Crippen LogP contribution >= 0.6 is 0 Å². The Kier molecular flexibility index (Phi) is 5.82. The number of morpholine rings is 1. The summed E-state index contributed by atoms with van der Waals surface area (Å²) >= 11 is 0. The zero-order chi connectivity index (χ0) is 19.6. The first-order valence-corrected chi connectivity index (χ1v) is 8.97. The third-order valence-corrected chi connectivity index (χ3v) is 5.00. The van der Waals surface area contributed by atoms with Crippen LogP contribution in [-0.4, -0.2) is 60.0 Å². The molecule has 1 unspecified atom stereocenters. The average molecular weight is 376 g/mol. The van der Waals surface area contributed by atoms with Crippen molar-refractivity contribution < 1.29 is 23.8 Å². The first-order valence-electron chi connectivity index (χ1n) is 8.97. The minimum absolute atomic E-state index is 0.131. The van der Waals surface area contributed by atoms with E-state index in [0.717, 1.165) is 5.56 Å². The zero-order valence-corrected chi connectivity index (χ0v) is 15.8. The topological polar surface area (TPSA) is 62.2 Å². The van der Waals surface area contributed by atoms with Gasteiger partial charge in [0.1, 0.15) is 17.6 Å². The number of carboxylic acids is 1. The first kappa shape index (κ1) is 19.4. The molecule has 0 amide bonds. The number of carbonyl (C=O) groups is 1. The normalized spacial score (nSPS) is 24.0. The molecule has 0 bridgehead atoms. The standard InChI is InChI=1S/C20H25FN2O4/c1-13-9-17(22-7-8-27-12-14(22)2)23(19(26-3)18(13)20(24)25)11-15-5-4-6-16(21)10-15/h4-6,9-10,14,17H,7-8,11-12H2,1-3H3,(H,24,25)/t14-,17?/m1/s1. The predicted octanol–water partition coefficient (Wildman–Crippen LogP) is 2.58. The number of halogens is 1. The Morgan fingerprint density at radius 3 is 2.85 bits per heavy atom. The van der Waals surface area contributed by atoms with Gasteiger partial charge in [0, 0.05) is 19.1 Å². The Morgan fingerprint density at radius 1 is 1.44 bits per heavy atom. The molecule has 2 aliphatic rings. The van der Waals surface area contributed by atoms with Gasteiger partial charge in [-0.05, 0) is 43.2 Å². The van der Waals surface area contributed by atoms with Crippen LogP contribution < -0.4 is 0 Å². The van der Waals surface area contributed by atoms with Crippen molar-refractivity contribution in [3.05, 3.63) is 58.8 Å². The van der Waals surface area contributed by atoms with Gasteiger partial charge in [-0.15, -0.1) is 0 Å². The Balaban J connectivity index is 2.03. The lowest BCUT2D eigenvalue weighted by Gasteiger charge is -2.46. The van der Waals surface area contributed by atoms with Gasteiger partial charge >= 0.3 is 5.97 Å². The van der Waals surface area contributed by atoms with E-state index in [4.69, 9.17) is 9.47 Å². The largest absolute Gasteiger partial charge is 0.482 e. The molecule has 1 aromatic carbocycles. The fourth-order valence-corrected chi connectivity index (χ4v) is 3.71. The molecule has 0 spiro atoms. The highest BCUT2D eigenvalue weighted by Crippen LogP contribution is 2.32. The average Bonchev–Trinajstić information content (AvgIpc) is 2.62. The van der Waals surface area contributed by atoms with Gasteiger partial charge in [0.25, 0.3) is 0 Å². The van der Waals surface area contributed by atoms with Gasteiger partial charge < -0.3 is 19.5 Å². The molecule has 1 fully saturated rings. The summed E-state index contributed by atoms with van der Waals surface area (Å²) in [5, 5.41) is 9.69. The minimum Gasteiger partial charge on any atom is -0.482 e. The lowest BCUT2D eigenvalue weighted by atomic mass is 10.0. The summed E-state index contributed by atoms with van der Waals surface area (Å²) in [5.74, 6) is -1.08. The van der Waals surface area contributed by atoms with E-state index in [-0.39, 0.29) is 29.5 Å². The van der Waals surface area contributed by atoms with Gasteiger partial charge in [-0.25, -0.2) is 9.18 Å². The second kappa shape index (κ2) is 8.10. The van der Waals surface area contributed by atoms with E-state index in [1.807, 2.05) is 17.0 Å². The fourth-order valence-electron chi connectivity index (χ4n) is 3.71. The molecular weight excluding hydrogens is 351 g/mol. The van der Waals surface area contributed by atoms with E-state index in [1.54, 1.807) is 13.0 Å². The zero-order valence-electron chi connectivity index (χ0n) is 15.8. The Hall–Kier alpha value is -2.38. The van der Waals surface area contributed by atoms with Crippen LogP contribution in [0, 0.1) is 5.82 Å². The second-order valence-corrected chi connectivity index (χ2v) is 6.87. The van der Waals surface area contributed by atoms with Gasteiger partial charge in [-0.2, -0.15) is 0 Å². The quantitative estimate of drug-likeness (QED) is 0.852. The fraction of sp³-hybridized carbons (Fsp3) is 0.450. The van der Waals surface area contributed by atoms with Crippen LogP contribution in [0.25, 0.3) is 0 Å². The van der Waals surface area contributed by atoms with Crippen molar-refractivity contribution in [2.24, 2.45) is 0 Å². The van der Waals surface area contributed by atoms with E-state index in [1.165, 1.54) is 19.2 Å². The van der Waals surface area contributed by atoms with Gasteiger partial charge in [0.05, 0.1) is 20.3 Å². The number of carboxylic acid groups (broad SMARTS) is 1. The summed E-state index contributed by atoms with van der Waals surface area (Å²) in [5.41, 5.74) is 1.53. The molecule has 27 heavy (non-hydrogen) atoms. The third kappa shape index (κ3) is 3.99. The van der Waals surface area contributed by atoms with Gasteiger partial charge in [-0.3, -0.25) is 4.90 Å². The molecule has 0 radical (unpaired) electrons. The Morgan fingerprint density at radius 2 is 2.22 bits per heavy atom. The summed E-state index contributed by atoms with van der Waals surface area (Å²) in [6.07, 6.45) is 1.73. The van der Waals surface area contributed by atoms with Crippen LogP contribution in [0.5, 0.6) is 0 Å². The molecule has 1 aromatic rings. The van der Waals surface area contributed by atoms with Gasteiger partial charge in [-0.1, -0.05) is 12.1 Å². The molecule has 0 aromatic heterocycles. The second-order valence-electron chi connectivity index (χ2n) is 6.87. The molecule has 0 aliphatic carbocycles. The number of aliphatic carboxylic acids is 1. The predicted molar refractivity (Wildman–Crippen MR) is 98.1 cm³/mol. The van der Waals surface area contributed by atoms with Crippen LogP contribution in [0.1, 0.15) is 19.4 Å². The molecule has 7 heteroatoms. The highest BCUT2D eigenvalue weighted by atomic mass is 19.1. The van der Waals surface area contributed by atoms with E-state index in [9.17, 15) is 14.3 Å². The van der Waals surface area contributed by atoms with E-state index >= 15 is 0 Å². The molecule has 0 saturated carbocycles. The monoisotopic (exact) mass is 376 g/mol. The van der Waals surface area contributed by atoms with Gasteiger partial charge in [0.2, 0.25) is 5.88 Å². The third-order valence-electron chi connectivity index (χ3n) is 5.00. The summed E-state index contributed by atoms with van der Waals surface area (Å²) < 4.78 is 24.8. The Labute approximate surface area is 158 Å². The lowest BCUT2D eigenvalue weighted by molar-refractivity contribution is -0.133. The summed E-state index contributed by atoms with van der Waals surface area (Å²) in [6.45, 7) is 6.12. The lowest BCUT2D eigenvalue weighted by Crippen LogP contribution is -2.56. The number of rotatable bonds is 5.